The first-order valence-electron chi connectivity index (χ1n) is 7.04. The molecule has 3 nitrogen and oxygen atoms in total. The minimum Gasteiger partial charge on any atom is -0.466 e. The first kappa shape index (κ1) is 13.6. The van der Waals surface area contributed by atoms with Crippen molar-refractivity contribution >= 4 is 5.97 Å². The van der Waals surface area contributed by atoms with Crippen LogP contribution in [-0.2, 0) is 9.53 Å². The number of aliphatic hydroxyl groups is 1. The molecule has 1 fully saturated rings. The highest BCUT2D eigenvalue weighted by Gasteiger charge is 2.56. The first-order valence-corrected chi connectivity index (χ1v) is 7.04. The number of hydrogen-bond donors (Lipinski definition) is 1. The summed E-state index contributed by atoms with van der Waals surface area (Å²) in [6.45, 7) is 6.23. The molecule has 102 valence electrons. The molecule has 2 aliphatic rings. The molecular formula is C15H24O3. The van der Waals surface area contributed by atoms with Crippen molar-refractivity contribution in [3.8, 4) is 0 Å². The Bertz CT molecular complexity index is 363. The standard InChI is InChI=1S/C15H24O3/c1-4-18-13(16)14(3)11(2)8-10-15(17)9-6-5-7-12(14)15/h8,10-12,17H,4-7,9H2,1-3H3/t11-,12+,14-,15-/m1/s1. The molecule has 0 amide bonds. The van der Waals surface area contributed by atoms with E-state index in [-0.39, 0.29) is 17.8 Å². The van der Waals surface area contributed by atoms with Gasteiger partial charge in [0.25, 0.3) is 0 Å². The molecule has 4 atom stereocenters. The molecule has 0 spiro atoms. The lowest BCUT2D eigenvalue weighted by molar-refractivity contribution is -0.173. The largest absolute Gasteiger partial charge is 0.466 e. The van der Waals surface area contributed by atoms with E-state index in [0.717, 1.165) is 25.7 Å². The highest BCUT2D eigenvalue weighted by atomic mass is 16.5. The molecule has 0 heterocycles. The molecule has 2 aliphatic carbocycles. The Morgan fingerprint density at radius 1 is 1.50 bits per heavy atom. The second-order valence-corrected chi connectivity index (χ2v) is 5.94. The van der Waals surface area contributed by atoms with Crippen molar-refractivity contribution in [1.29, 1.82) is 0 Å². The zero-order chi connectivity index (χ0) is 13.4. The zero-order valence-electron chi connectivity index (χ0n) is 11.6. The normalized spacial score (nSPS) is 43.3. The summed E-state index contributed by atoms with van der Waals surface area (Å²) >= 11 is 0. The fourth-order valence-corrected chi connectivity index (χ4v) is 3.64. The van der Waals surface area contributed by atoms with Gasteiger partial charge in [0.15, 0.2) is 0 Å². The number of rotatable bonds is 2. The maximum atomic E-state index is 12.4. The number of carbonyl (C=O) groups excluding carboxylic acids is 1. The number of carbonyl (C=O) groups is 1. The van der Waals surface area contributed by atoms with Crippen molar-refractivity contribution in [3.63, 3.8) is 0 Å². The number of allylic oxidation sites excluding steroid dienone is 1. The van der Waals surface area contributed by atoms with E-state index in [1.54, 1.807) is 0 Å². The summed E-state index contributed by atoms with van der Waals surface area (Å²) in [7, 11) is 0. The van der Waals surface area contributed by atoms with Crippen molar-refractivity contribution in [2.45, 2.75) is 52.1 Å². The van der Waals surface area contributed by atoms with Crippen LogP contribution in [-0.4, -0.2) is 23.3 Å². The van der Waals surface area contributed by atoms with Crippen LogP contribution >= 0.6 is 0 Å². The van der Waals surface area contributed by atoms with E-state index in [0.29, 0.717) is 6.61 Å². The number of hydrogen-bond acceptors (Lipinski definition) is 3. The van der Waals surface area contributed by atoms with Crippen LogP contribution in [0.3, 0.4) is 0 Å². The molecule has 1 N–H and O–H groups in total. The zero-order valence-corrected chi connectivity index (χ0v) is 11.6. The average molecular weight is 252 g/mol. The summed E-state index contributed by atoms with van der Waals surface area (Å²) in [5.41, 5.74) is -1.41. The minimum atomic E-state index is -0.813. The van der Waals surface area contributed by atoms with Gasteiger partial charge in [0.05, 0.1) is 17.6 Å². The fourth-order valence-electron chi connectivity index (χ4n) is 3.64. The van der Waals surface area contributed by atoms with Gasteiger partial charge >= 0.3 is 5.97 Å². The predicted octanol–water partition coefficient (Wildman–Crippen LogP) is 2.68. The molecular weight excluding hydrogens is 228 g/mol. The van der Waals surface area contributed by atoms with Crippen molar-refractivity contribution in [2.75, 3.05) is 6.61 Å². The van der Waals surface area contributed by atoms with Crippen molar-refractivity contribution < 1.29 is 14.6 Å². The van der Waals surface area contributed by atoms with Gasteiger partial charge in [0, 0.05) is 5.92 Å². The Kier molecular flexibility index (Phi) is 3.54. The van der Waals surface area contributed by atoms with Crippen LogP contribution in [0.5, 0.6) is 0 Å². The van der Waals surface area contributed by atoms with Crippen LogP contribution in [0.25, 0.3) is 0 Å². The molecule has 1 saturated carbocycles. The van der Waals surface area contributed by atoms with Crippen LogP contribution in [0.15, 0.2) is 12.2 Å². The molecule has 2 rings (SSSR count). The summed E-state index contributed by atoms with van der Waals surface area (Å²) in [5.74, 6) is -0.0649. The highest BCUT2D eigenvalue weighted by molar-refractivity contribution is 5.78. The molecule has 0 bridgehead atoms. The van der Waals surface area contributed by atoms with Crippen molar-refractivity contribution in [2.24, 2.45) is 17.3 Å². The molecule has 0 radical (unpaired) electrons. The lowest BCUT2D eigenvalue weighted by Crippen LogP contribution is -2.56. The third-order valence-electron chi connectivity index (χ3n) is 4.98. The van der Waals surface area contributed by atoms with E-state index < -0.39 is 11.0 Å². The summed E-state index contributed by atoms with van der Waals surface area (Å²) in [4.78, 5) is 12.4. The van der Waals surface area contributed by atoms with Gasteiger partial charge in [0.2, 0.25) is 0 Å². The molecule has 0 aromatic rings. The molecule has 0 unspecified atom stereocenters. The second-order valence-electron chi connectivity index (χ2n) is 5.94. The SMILES string of the molecule is CCOC(=O)[C@]1(C)[C@H](C)C=C[C@]2(O)CCCC[C@@H]12. The summed E-state index contributed by atoms with van der Waals surface area (Å²) < 4.78 is 5.26. The maximum Gasteiger partial charge on any atom is 0.312 e. The van der Waals surface area contributed by atoms with E-state index >= 15 is 0 Å². The lowest BCUT2D eigenvalue weighted by Gasteiger charge is -2.51. The predicted molar refractivity (Wildman–Crippen MR) is 70.0 cm³/mol. The van der Waals surface area contributed by atoms with E-state index in [1.807, 2.05) is 32.9 Å². The topological polar surface area (TPSA) is 46.5 Å². The molecule has 0 aliphatic heterocycles. The third kappa shape index (κ3) is 1.89. The van der Waals surface area contributed by atoms with E-state index in [4.69, 9.17) is 4.74 Å². The maximum absolute atomic E-state index is 12.4. The van der Waals surface area contributed by atoms with Gasteiger partial charge in [-0.25, -0.2) is 0 Å². The second kappa shape index (κ2) is 4.69. The Morgan fingerprint density at radius 3 is 2.89 bits per heavy atom. The summed E-state index contributed by atoms with van der Waals surface area (Å²) in [5, 5.41) is 10.8. The van der Waals surface area contributed by atoms with Gasteiger partial charge in [-0.1, -0.05) is 31.9 Å². The number of ether oxygens (including phenoxy) is 1. The van der Waals surface area contributed by atoms with Gasteiger partial charge in [-0.15, -0.1) is 0 Å². The monoisotopic (exact) mass is 252 g/mol. The Hall–Kier alpha value is -0.830. The smallest absolute Gasteiger partial charge is 0.312 e. The molecule has 0 aromatic heterocycles. The van der Waals surface area contributed by atoms with Crippen molar-refractivity contribution in [3.05, 3.63) is 12.2 Å². The Balaban J connectivity index is 2.38. The Labute approximate surface area is 109 Å². The number of fused-ring (bicyclic) bond motifs is 1. The van der Waals surface area contributed by atoms with Gasteiger partial charge in [0.1, 0.15) is 0 Å². The quantitative estimate of drug-likeness (QED) is 0.607. The molecule has 3 heteroatoms. The highest BCUT2D eigenvalue weighted by Crippen LogP contribution is 2.53. The molecule has 0 saturated heterocycles. The minimum absolute atomic E-state index is 0.0159. The molecule has 0 aromatic carbocycles. The molecule has 18 heavy (non-hydrogen) atoms. The summed E-state index contributed by atoms with van der Waals surface area (Å²) in [6.07, 6.45) is 7.69. The number of esters is 1. The fraction of sp³-hybridized carbons (Fsp3) is 0.800. The van der Waals surface area contributed by atoms with Crippen LogP contribution in [0.1, 0.15) is 46.5 Å². The lowest BCUT2D eigenvalue weighted by atomic mass is 9.55. The van der Waals surface area contributed by atoms with Gasteiger partial charge in [-0.05, 0) is 32.6 Å². The van der Waals surface area contributed by atoms with Crippen LogP contribution in [0.4, 0.5) is 0 Å². The Morgan fingerprint density at radius 2 is 2.22 bits per heavy atom. The van der Waals surface area contributed by atoms with Crippen molar-refractivity contribution in [1.82, 2.24) is 0 Å². The van der Waals surface area contributed by atoms with Crippen LogP contribution in [0.2, 0.25) is 0 Å². The van der Waals surface area contributed by atoms with Gasteiger partial charge in [-0.3, -0.25) is 4.79 Å². The van der Waals surface area contributed by atoms with E-state index in [9.17, 15) is 9.90 Å². The average Bonchev–Trinajstić information content (AvgIpc) is 2.35. The van der Waals surface area contributed by atoms with Crippen LogP contribution < -0.4 is 0 Å². The van der Waals surface area contributed by atoms with E-state index in [2.05, 4.69) is 0 Å². The van der Waals surface area contributed by atoms with Gasteiger partial charge < -0.3 is 9.84 Å². The van der Waals surface area contributed by atoms with Gasteiger partial charge in [-0.2, -0.15) is 0 Å². The van der Waals surface area contributed by atoms with E-state index in [1.165, 1.54) is 0 Å². The van der Waals surface area contributed by atoms with Crippen LogP contribution in [0, 0.1) is 17.3 Å². The first-order chi connectivity index (χ1) is 8.45. The summed E-state index contributed by atoms with van der Waals surface area (Å²) in [6, 6.07) is 0. The third-order valence-corrected chi connectivity index (χ3v) is 4.98.